The molecule has 0 saturated carbocycles. The number of fused-ring (bicyclic) bond motifs is 1. The van der Waals surface area contributed by atoms with E-state index in [0.29, 0.717) is 24.4 Å². The van der Waals surface area contributed by atoms with Crippen molar-refractivity contribution in [2.45, 2.75) is 38.6 Å². The van der Waals surface area contributed by atoms with Crippen LogP contribution in [0.1, 0.15) is 34.0 Å². The molecule has 0 aliphatic heterocycles. The predicted molar refractivity (Wildman–Crippen MR) is 145 cm³/mol. The normalized spacial score (nSPS) is 10.9. The Labute approximate surface area is 210 Å². The lowest BCUT2D eigenvalue weighted by molar-refractivity contribution is -0.113. The van der Waals surface area contributed by atoms with Crippen molar-refractivity contribution in [3.05, 3.63) is 95.2 Å². The molecule has 0 bridgehead atoms. The number of hydrogen-bond acceptors (Lipinski definition) is 3. The minimum Gasteiger partial charge on any atom is -0.350 e. The lowest BCUT2D eigenvalue weighted by atomic mass is 10.1. The number of aryl methyl sites for hydroxylation is 3. The molecule has 35 heavy (non-hydrogen) atoms. The summed E-state index contributed by atoms with van der Waals surface area (Å²) >= 11 is 1.53. The van der Waals surface area contributed by atoms with Crippen LogP contribution < -0.4 is 10.6 Å². The van der Waals surface area contributed by atoms with E-state index < -0.39 is 0 Å². The summed E-state index contributed by atoms with van der Waals surface area (Å²) in [4.78, 5) is 26.1. The molecule has 180 valence electrons. The number of carbonyl (C=O) groups excluding carboxylic acids is 2. The topological polar surface area (TPSA) is 63.1 Å². The molecule has 0 fully saturated rings. The Morgan fingerprint density at radius 1 is 0.943 bits per heavy atom. The van der Waals surface area contributed by atoms with Gasteiger partial charge in [-0.2, -0.15) is 0 Å². The Morgan fingerprint density at radius 2 is 1.71 bits per heavy atom. The number of aromatic nitrogens is 1. The van der Waals surface area contributed by atoms with Gasteiger partial charge >= 0.3 is 0 Å². The summed E-state index contributed by atoms with van der Waals surface area (Å²) in [6.07, 6.45) is 3.05. The van der Waals surface area contributed by atoms with Gasteiger partial charge in [0.05, 0.1) is 5.75 Å². The highest BCUT2D eigenvalue weighted by molar-refractivity contribution is 8.00. The van der Waals surface area contributed by atoms with Crippen molar-refractivity contribution in [2.24, 2.45) is 0 Å². The number of hydrogen-bond donors (Lipinski definition) is 2. The second-order valence-corrected chi connectivity index (χ2v) is 9.66. The van der Waals surface area contributed by atoms with E-state index in [4.69, 9.17) is 0 Å². The first-order chi connectivity index (χ1) is 16.9. The maximum atomic E-state index is 12.6. The summed E-state index contributed by atoms with van der Waals surface area (Å²) in [6, 6.07) is 21.9. The van der Waals surface area contributed by atoms with E-state index in [1.165, 1.54) is 22.9 Å². The number of para-hydroxylation sites is 1. The Balaban J connectivity index is 1.37. The van der Waals surface area contributed by atoms with Crippen molar-refractivity contribution in [1.82, 2.24) is 9.88 Å². The van der Waals surface area contributed by atoms with Crippen LogP contribution in [0.2, 0.25) is 0 Å². The third-order valence-corrected chi connectivity index (χ3v) is 7.21. The van der Waals surface area contributed by atoms with Crippen molar-refractivity contribution in [2.75, 3.05) is 17.6 Å². The molecule has 0 aliphatic carbocycles. The minimum atomic E-state index is -0.0669. The van der Waals surface area contributed by atoms with Gasteiger partial charge < -0.3 is 15.2 Å². The molecule has 0 unspecified atom stereocenters. The smallest absolute Gasteiger partial charge is 0.251 e. The lowest BCUT2D eigenvalue weighted by Crippen LogP contribution is -2.27. The van der Waals surface area contributed by atoms with E-state index >= 15 is 0 Å². The maximum Gasteiger partial charge on any atom is 0.251 e. The van der Waals surface area contributed by atoms with Crippen LogP contribution >= 0.6 is 11.8 Å². The van der Waals surface area contributed by atoms with Gasteiger partial charge in [0, 0.05) is 46.3 Å². The Bertz CT molecular complexity index is 1340. The quantitative estimate of drug-likeness (QED) is 0.287. The van der Waals surface area contributed by atoms with Gasteiger partial charge in [0.1, 0.15) is 0 Å². The van der Waals surface area contributed by atoms with Gasteiger partial charge in [0.15, 0.2) is 0 Å². The van der Waals surface area contributed by atoms with Gasteiger partial charge in [-0.25, -0.2) is 0 Å². The summed E-state index contributed by atoms with van der Waals surface area (Å²) in [5, 5.41) is 7.11. The zero-order chi connectivity index (χ0) is 24.8. The number of amides is 2. The monoisotopic (exact) mass is 485 g/mol. The van der Waals surface area contributed by atoms with E-state index in [0.717, 1.165) is 33.5 Å². The molecule has 5 nitrogen and oxygen atoms in total. The van der Waals surface area contributed by atoms with Gasteiger partial charge in [-0.3, -0.25) is 9.59 Å². The fourth-order valence-corrected chi connectivity index (χ4v) is 4.84. The molecule has 4 rings (SSSR count). The van der Waals surface area contributed by atoms with Crippen LogP contribution in [0.15, 0.2) is 77.8 Å². The summed E-state index contributed by atoms with van der Waals surface area (Å²) in [6.45, 7) is 7.33. The van der Waals surface area contributed by atoms with Crippen LogP contribution in [-0.2, 0) is 17.8 Å². The summed E-state index contributed by atoms with van der Waals surface area (Å²) in [5.74, 6) is 0.229. The van der Waals surface area contributed by atoms with Crippen LogP contribution in [0, 0.1) is 13.8 Å². The molecule has 0 spiro atoms. The first-order valence-electron chi connectivity index (χ1n) is 11.9. The number of rotatable bonds is 9. The number of anilines is 1. The SMILES string of the molecule is CCc1ccc(NC(=O)CSc2cn(CCNC(=O)c3ccc(C)c(C)c3)c3ccccc23)cc1. The fourth-order valence-electron chi connectivity index (χ4n) is 3.95. The highest BCUT2D eigenvalue weighted by Crippen LogP contribution is 2.30. The Morgan fingerprint density at radius 3 is 2.46 bits per heavy atom. The van der Waals surface area contributed by atoms with Crippen molar-refractivity contribution in [3.8, 4) is 0 Å². The first kappa shape index (κ1) is 24.6. The van der Waals surface area contributed by atoms with Crippen LogP contribution in [0.25, 0.3) is 10.9 Å². The largest absolute Gasteiger partial charge is 0.350 e. The average Bonchev–Trinajstić information content (AvgIpc) is 3.22. The van der Waals surface area contributed by atoms with E-state index in [1.807, 2.05) is 68.4 Å². The Kier molecular flexibility index (Phi) is 7.93. The van der Waals surface area contributed by atoms with Gasteiger partial charge in [0.25, 0.3) is 5.91 Å². The summed E-state index contributed by atoms with van der Waals surface area (Å²) in [5.41, 5.74) is 6.11. The second kappa shape index (κ2) is 11.3. The van der Waals surface area contributed by atoms with Gasteiger partial charge in [-0.1, -0.05) is 43.3 Å². The molecule has 4 aromatic rings. The molecule has 1 heterocycles. The third kappa shape index (κ3) is 6.14. The summed E-state index contributed by atoms with van der Waals surface area (Å²) in [7, 11) is 0. The van der Waals surface area contributed by atoms with E-state index in [-0.39, 0.29) is 11.8 Å². The molecule has 0 radical (unpaired) electrons. The molecule has 2 N–H and O–H groups in total. The zero-order valence-corrected chi connectivity index (χ0v) is 21.2. The highest BCUT2D eigenvalue weighted by Gasteiger charge is 2.12. The third-order valence-electron chi connectivity index (χ3n) is 6.16. The standard InChI is InChI=1S/C29H31N3O2S/c1-4-22-10-13-24(14-11-22)31-28(33)19-35-27-18-32(26-8-6-5-7-25(26)27)16-15-30-29(34)23-12-9-20(2)21(3)17-23/h5-14,17-18H,4,15-16,19H2,1-3H3,(H,30,34)(H,31,33). The first-order valence-corrected chi connectivity index (χ1v) is 12.9. The molecule has 2 amide bonds. The molecule has 1 aromatic heterocycles. The van der Waals surface area contributed by atoms with Crippen molar-refractivity contribution >= 4 is 40.2 Å². The number of benzene rings is 3. The Hall–Kier alpha value is -3.51. The number of carbonyl (C=O) groups is 2. The number of thioether (sulfide) groups is 1. The van der Waals surface area contributed by atoms with Gasteiger partial charge in [-0.15, -0.1) is 11.8 Å². The van der Waals surface area contributed by atoms with Crippen molar-refractivity contribution < 1.29 is 9.59 Å². The molecule has 0 atom stereocenters. The zero-order valence-electron chi connectivity index (χ0n) is 20.4. The molecular weight excluding hydrogens is 454 g/mol. The van der Waals surface area contributed by atoms with Gasteiger partial charge in [0.2, 0.25) is 5.91 Å². The minimum absolute atomic E-state index is 0.0308. The van der Waals surface area contributed by atoms with Crippen molar-refractivity contribution in [3.63, 3.8) is 0 Å². The average molecular weight is 486 g/mol. The van der Waals surface area contributed by atoms with Crippen LogP contribution in [-0.4, -0.2) is 28.7 Å². The molecule has 6 heteroatoms. The van der Waals surface area contributed by atoms with E-state index in [1.54, 1.807) is 0 Å². The van der Waals surface area contributed by atoms with E-state index in [2.05, 4.69) is 40.5 Å². The van der Waals surface area contributed by atoms with Gasteiger partial charge in [-0.05, 0) is 67.3 Å². The summed E-state index contributed by atoms with van der Waals surface area (Å²) < 4.78 is 2.14. The number of nitrogens with zero attached hydrogens (tertiary/aromatic N) is 1. The fraction of sp³-hybridized carbons (Fsp3) is 0.241. The molecule has 0 aliphatic rings. The van der Waals surface area contributed by atoms with Crippen LogP contribution in [0.5, 0.6) is 0 Å². The molecular formula is C29H31N3O2S. The molecule has 3 aromatic carbocycles. The predicted octanol–water partition coefficient (Wildman–Crippen LogP) is 5.98. The second-order valence-electron chi connectivity index (χ2n) is 8.65. The lowest BCUT2D eigenvalue weighted by Gasteiger charge is -2.09. The van der Waals surface area contributed by atoms with E-state index in [9.17, 15) is 9.59 Å². The molecule has 0 saturated heterocycles. The highest BCUT2D eigenvalue weighted by atomic mass is 32.2. The van der Waals surface area contributed by atoms with Crippen LogP contribution in [0.4, 0.5) is 5.69 Å². The number of nitrogens with one attached hydrogen (secondary N) is 2. The maximum absolute atomic E-state index is 12.6. The van der Waals surface area contributed by atoms with Crippen LogP contribution in [0.3, 0.4) is 0 Å². The van der Waals surface area contributed by atoms with Crippen molar-refractivity contribution in [1.29, 1.82) is 0 Å².